The summed E-state index contributed by atoms with van der Waals surface area (Å²) < 4.78 is 10.2. The van der Waals surface area contributed by atoms with Crippen LogP contribution in [0.1, 0.15) is 10.5 Å². The number of pyridine rings is 1. The van der Waals surface area contributed by atoms with Crippen molar-refractivity contribution in [2.24, 2.45) is 0 Å². The summed E-state index contributed by atoms with van der Waals surface area (Å²) in [6.07, 6.45) is 3.24. The molecular formula is C15H10N6O3S. The molecule has 0 spiro atoms. The highest BCUT2D eigenvalue weighted by molar-refractivity contribution is 7.13. The van der Waals surface area contributed by atoms with Crippen LogP contribution in [-0.4, -0.2) is 26.2 Å². The zero-order valence-corrected chi connectivity index (χ0v) is 13.4. The van der Waals surface area contributed by atoms with Crippen molar-refractivity contribution >= 4 is 23.3 Å². The van der Waals surface area contributed by atoms with Crippen molar-refractivity contribution in [1.29, 1.82) is 0 Å². The maximum absolute atomic E-state index is 12.1. The average molecular weight is 354 g/mol. The van der Waals surface area contributed by atoms with E-state index in [9.17, 15) is 4.79 Å². The lowest BCUT2D eigenvalue weighted by Crippen LogP contribution is -2.29. The van der Waals surface area contributed by atoms with Gasteiger partial charge in [-0.2, -0.15) is 4.98 Å². The molecule has 0 radical (unpaired) electrons. The second-order valence-corrected chi connectivity index (χ2v) is 5.74. The van der Waals surface area contributed by atoms with Crippen LogP contribution < -0.4 is 10.9 Å². The van der Waals surface area contributed by atoms with Crippen molar-refractivity contribution in [2.45, 2.75) is 0 Å². The number of amides is 1. The molecule has 4 aromatic rings. The molecule has 0 fully saturated rings. The molecule has 4 heterocycles. The number of carbonyl (C=O) groups is 1. The molecule has 1 amide bonds. The van der Waals surface area contributed by atoms with Crippen LogP contribution in [-0.2, 0) is 0 Å². The van der Waals surface area contributed by atoms with Gasteiger partial charge in [0.1, 0.15) is 0 Å². The Balaban J connectivity index is 1.40. The van der Waals surface area contributed by atoms with Crippen LogP contribution in [0.5, 0.6) is 0 Å². The molecule has 0 bridgehead atoms. The molecule has 0 saturated carbocycles. The van der Waals surface area contributed by atoms with Gasteiger partial charge in [0.15, 0.2) is 11.5 Å². The fourth-order valence-electron chi connectivity index (χ4n) is 1.98. The molecule has 2 N–H and O–H groups in total. The van der Waals surface area contributed by atoms with Gasteiger partial charge in [-0.1, -0.05) is 16.4 Å². The molecule has 0 atom stereocenters. The fourth-order valence-corrected chi connectivity index (χ4v) is 2.66. The first kappa shape index (κ1) is 15.0. The fraction of sp³-hybridized carbons (Fsp3) is 0. The highest BCUT2D eigenvalue weighted by Gasteiger charge is 2.15. The van der Waals surface area contributed by atoms with Gasteiger partial charge in [-0.15, -0.1) is 11.3 Å². The predicted molar refractivity (Wildman–Crippen MR) is 88.4 cm³/mol. The highest BCUT2D eigenvalue weighted by atomic mass is 32.1. The van der Waals surface area contributed by atoms with Crippen LogP contribution in [0.2, 0.25) is 0 Å². The van der Waals surface area contributed by atoms with Crippen LogP contribution in [0.25, 0.3) is 22.0 Å². The van der Waals surface area contributed by atoms with E-state index in [-0.39, 0.29) is 11.7 Å². The summed E-state index contributed by atoms with van der Waals surface area (Å²) in [5.41, 5.74) is 5.84. The van der Waals surface area contributed by atoms with Gasteiger partial charge in [0.25, 0.3) is 5.91 Å². The summed E-state index contributed by atoms with van der Waals surface area (Å²) in [6, 6.07) is 8.86. The molecule has 4 rings (SSSR count). The molecule has 0 aromatic carbocycles. The maximum Gasteiger partial charge on any atom is 0.340 e. The Hall–Kier alpha value is -3.53. The Bertz CT molecular complexity index is 980. The Morgan fingerprint density at radius 1 is 1.12 bits per heavy atom. The SMILES string of the molecule is O=C(NNc1nc(-c2ccncc2)no1)c1cc(-c2cccs2)on1. The lowest BCUT2D eigenvalue weighted by molar-refractivity contribution is 0.0952. The first-order valence-electron chi connectivity index (χ1n) is 7.10. The van der Waals surface area contributed by atoms with Gasteiger partial charge in [0.2, 0.25) is 5.82 Å². The highest BCUT2D eigenvalue weighted by Crippen LogP contribution is 2.25. The normalized spacial score (nSPS) is 10.6. The number of nitrogens with zero attached hydrogens (tertiary/aromatic N) is 4. The van der Waals surface area contributed by atoms with Crippen molar-refractivity contribution in [3.05, 3.63) is 53.8 Å². The van der Waals surface area contributed by atoms with Gasteiger partial charge < -0.3 is 9.05 Å². The Kier molecular flexibility index (Phi) is 3.92. The van der Waals surface area contributed by atoms with Gasteiger partial charge in [0.05, 0.1) is 4.88 Å². The zero-order valence-electron chi connectivity index (χ0n) is 12.5. The predicted octanol–water partition coefficient (Wildman–Crippen LogP) is 2.61. The lowest BCUT2D eigenvalue weighted by atomic mass is 10.3. The number of hydrogen-bond acceptors (Lipinski definition) is 9. The number of hydrazine groups is 1. The Morgan fingerprint density at radius 2 is 2.00 bits per heavy atom. The van der Waals surface area contributed by atoms with Gasteiger partial charge >= 0.3 is 6.01 Å². The van der Waals surface area contributed by atoms with Crippen LogP contribution in [0, 0.1) is 0 Å². The van der Waals surface area contributed by atoms with Crippen LogP contribution in [0.3, 0.4) is 0 Å². The average Bonchev–Trinajstić information content (AvgIpc) is 3.41. The third-order valence-corrected chi connectivity index (χ3v) is 4.04. The van der Waals surface area contributed by atoms with Gasteiger partial charge in [-0.3, -0.25) is 15.2 Å². The van der Waals surface area contributed by atoms with Gasteiger partial charge in [0, 0.05) is 24.0 Å². The first-order chi connectivity index (χ1) is 12.3. The lowest BCUT2D eigenvalue weighted by Gasteiger charge is -2.00. The second kappa shape index (κ2) is 6.53. The summed E-state index contributed by atoms with van der Waals surface area (Å²) in [5, 5.41) is 9.47. The molecule has 25 heavy (non-hydrogen) atoms. The number of nitrogens with one attached hydrogen (secondary N) is 2. The van der Waals surface area contributed by atoms with E-state index in [0.717, 1.165) is 10.4 Å². The summed E-state index contributed by atoms with van der Waals surface area (Å²) >= 11 is 1.49. The summed E-state index contributed by atoms with van der Waals surface area (Å²) in [4.78, 5) is 21.0. The largest absolute Gasteiger partial charge is 0.355 e. The van der Waals surface area contributed by atoms with Crippen molar-refractivity contribution < 1.29 is 13.8 Å². The number of anilines is 1. The number of hydrogen-bond donors (Lipinski definition) is 2. The number of carbonyl (C=O) groups excluding carboxylic acids is 1. The van der Waals surface area contributed by atoms with Crippen LogP contribution in [0.4, 0.5) is 6.01 Å². The molecule has 0 aliphatic carbocycles. The number of aromatic nitrogens is 4. The van der Waals surface area contributed by atoms with Crippen molar-refractivity contribution in [2.75, 3.05) is 5.43 Å². The van der Waals surface area contributed by atoms with E-state index < -0.39 is 5.91 Å². The summed E-state index contributed by atoms with van der Waals surface area (Å²) in [7, 11) is 0. The molecule has 9 nitrogen and oxygen atoms in total. The smallest absolute Gasteiger partial charge is 0.340 e. The second-order valence-electron chi connectivity index (χ2n) is 4.79. The standard InChI is InChI=1S/C15H10N6O3S/c22-14(10-8-11(23-20-10)12-2-1-7-25-12)18-19-15-17-13(21-24-15)9-3-5-16-6-4-9/h1-8H,(H,18,22)(H,17,19,21). The first-order valence-corrected chi connectivity index (χ1v) is 7.98. The van der Waals surface area contributed by atoms with Crippen molar-refractivity contribution in [3.63, 3.8) is 0 Å². The quantitative estimate of drug-likeness (QED) is 0.525. The summed E-state index contributed by atoms with van der Waals surface area (Å²) in [6.45, 7) is 0. The van der Waals surface area contributed by atoms with Gasteiger partial charge in [-0.05, 0) is 23.6 Å². The number of thiophene rings is 1. The maximum atomic E-state index is 12.1. The van der Waals surface area contributed by atoms with E-state index in [1.165, 1.54) is 11.3 Å². The molecule has 0 saturated heterocycles. The third-order valence-electron chi connectivity index (χ3n) is 3.15. The molecule has 0 aliphatic heterocycles. The Morgan fingerprint density at radius 3 is 2.80 bits per heavy atom. The number of rotatable bonds is 5. The zero-order chi connectivity index (χ0) is 17.1. The van der Waals surface area contributed by atoms with E-state index in [1.807, 2.05) is 17.5 Å². The molecule has 10 heteroatoms. The van der Waals surface area contributed by atoms with Crippen LogP contribution >= 0.6 is 11.3 Å². The monoisotopic (exact) mass is 354 g/mol. The Labute approximate surface area is 144 Å². The molecule has 0 unspecified atom stereocenters. The van der Waals surface area contributed by atoms with Crippen molar-refractivity contribution in [3.8, 4) is 22.0 Å². The molecule has 0 aliphatic rings. The van der Waals surface area contributed by atoms with E-state index in [4.69, 9.17) is 9.05 Å². The molecule has 4 aromatic heterocycles. The minimum atomic E-state index is -0.491. The molecular weight excluding hydrogens is 344 g/mol. The minimum absolute atomic E-state index is 0.0436. The minimum Gasteiger partial charge on any atom is -0.355 e. The van der Waals surface area contributed by atoms with E-state index >= 15 is 0 Å². The summed E-state index contributed by atoms with van der Waals surface area (Å²) in [5.74, 6) is 0.411. The topological polar surface area (TPSA) is 119 Å². The van der Waals surface area contributed by atoms with Crippen molar-refractivity contribution in [1.82, 2.24) is 25.7 Å². The van der Waals surface area contributed by atoms with E-state index in [0.29, 0.717) is 11.6 Å². The molecule has 124 valence electrons. The van der Waals surface area contributed by atoms with E-state index in [2.05, 4.69) is 31.1 Å². The van der Waals surface area contributed by atoms with Crippen LogP contribution in [0.15, 0.2) is 57.2 Å². The third kappa shape index (κ3) is 3.23. The van der Waals surface area contributed by atoms with E-state index in [1.54, 1.807) is 30.6 Å². The van der Waals surface area contributed by atoms with Gasteiger partial charge in [-0.25, -0.2) is 5.43 Å².